The molecular weight excluding hydrogens is 188 g/mol. The summed E-state index contributed by atoms with van der Waals surface area (Å²) >= 11 is 0. The Hall–Kier alpha value is -0.570. The van der Waals surface area contributed by atoms with Crippen molar-refractivity contribution in [3.05, 3.63) is 0 Å². The summed E-state index contributed by atoms with van der Waals surface area (Å²) < 4.78 is 0. The van der Waals surface area contributed by atoms with Gasteiger partial charge in [-0.25, -0.2) is 0 Å². The highest BCUT2D eigenvalue weighted by Crippen LogP contribution is 2.14. The summed E-state index contributed by atoms with van der Waals surface area (Å²) in [4.78, 5) is 11.8. The van der Waals surface area contributed by atoms with Gasteiger partial charge in [-0.1, -0.05) is 20.3 Å². The van der Waals surface area contributed by atoms with Crippen LogP contribution < -0.4 is 10.6 Å². The van der Waals surface area contributed by atoms with Crippen LogP contribution >= 0.6 is 0 Å². The fourth-order valence-corrected chi connectivity index (χ4v) is 1.79. The molecule has 2 N–H and O–H groups in total. The van der Waals surface area contributed by atoms with Gasteiger partial charge in [-0.2, -0.15) is 0 Å². The molecule has 0 radical (unpaired) electrons. The average molecular weight is 212 g/mol. The largest absolute Gasteiger partial charge is 0.356 e. The van der Waals surface area contributed by atoms with E-state index < -0.39 is 0 Å². The van der Waals surface area contributed by atoms with Gasteiger partial charge in [0.15, 0.2) is 0 Å². The van der Waals surface area contributed by atoms with Crippen LogP contribution in [0.4, 0.5) is 0 Å². The average Bonchev–Trinajstić information content (AvgIpc) is 2.26. The number of piperidine rings is 1. The number of hydrogen-bond donors (Lipinski definition) is 2. The summed E-state index contributed by atoms with van der Waals surface area (Å²) in [5.41, 5.74) is 0. The first-order valence-electron chi connectivity index (χ1n) is 6.14. The van der Waals surface area contributed by atoms with Gasteiger partial charge >= 0.3 is 0 Å². The molecule has 0 aromatic heterocycles. The van der Waals surface area contributed by atoms with Gasteiger partial charge in [-0.05, 0) is 25.7 Å². The first-order valence-corrected chi connectivity index (χ1v) is 6.14. The second-order valence-electron chi connectivity index (χ2n) is 4.84. The van der Waals surface area contributed by atoms with Crippen LogP contribution in [0, 0.1) is 11.8 Å². The van der Waals surface area contributed by atoms with Crippen molar-refractivity contribution in [2.24, 2.45) is 11.8 Å². The Labute approximate surface area is 93.0 Å². The van der Waals surface area contributed by atoms with Crippen LogP contribution in [0.2, 0.25) is 0 Å². The molecule has 3 heteroatoms. The molecule has 0 bridgehead atoms. The van der Waals surface area contributed by atoms with Gasteiger partial charge in [0.05, 0.1) is 5.92 Å². The predicted molar refractivity (Wildman–Crippen MR) is 62.7 cm³/mol. The fourth-order valence-electron chi connectivity index (χ4n) is 1.79. The summed E-state index contributed by atoms with van der Waals surface area (Å²) in [6.07, 6.45) is 3.27. The Kier molecular flexibility index (Phi) is 5.09. The molecule has 1 rings (SSSR count). The minimum Gasteiger partial charge on any atom is -0.356 e. The van der Waals surface area contributed by atoms with Crippen LogP contribution in [0.15, 0.2) is 0 Å². The van der Waals surface area contributed by atoms with E-state index in [0.717, 1.165) is 32.4 Å². The van der Waals surface area contributed by atoms with Crippen molar-refractivity contribution in [2.75, 3.05) is 13.1 Å². The second-order valence-corrected chi connectivity index (χ2v) is 4.84. The van der Waals surface area contributed by atoms with E-state index in [4.69, 9.17) is 0 Å². The van der Waals surface area contributed by atoms with Crippen LogP contribution in [0.1, 0.15) is 40.0 Å². The van der Waals surface area contributed by atoms with Gasteiger partial charge in [-0.3, -0.25) is 4.79 Å². The molecule has 1 aliphatic rings. The van der Waals surface area contributed by atoms with Gasteiger partial charge in [0.2, 0.25) is 5.91 Å². The molecule has 0 aromatic carbocycles. The van der Waals surface area contributed by atoms with E-state index >= 15 is 0 Å². The van der Waals surface area contributed by atoms with Crippen molar-refractivity contribution in [3.8, 4) is 0 Å². The van der Waals surface area contributed by atoms with Crippen molar-refractivity contribution in [3.63, 3.8) is 0 Å². The lowest BCUT2D eigenvalue weighted by Crippen LogP contribution is -2.44. The van der Waals surface area contributed by atoms with E-state index in [1.807, 2.05) is 0 Å². The number of rotatable bonds is 4. The summed E-state index contributed by atoms with van der Waals surface area (Å²) in [6, 6.07) is 0.573. The summed E-state index contributed by atoms with van der Waals surface area (Å²) in [5.74, 6) is 1.00. The smallest absolute Gasteiger partial charge is 0.224 e. The van der Waals surface area contributed by atoms with Gasteiger partial charge < -0.3 is 10.6 Å². The Morgan fingerprint density at radius 3 is 2.80 bits per heavy atom. The van der Waals surface area contributed by atoms with Gasteiger partial charge in [-0.15, -0.1) is 0 Å². The molecule has 3 unspecified atom stereocenters. The first-order chi connectivity index (χ1) is 7.13. The van der Waals surface area contributed by atoms with Crippen LogP contribution in [-0.2, 0) is 4.79 Å². The van der Waals surface area contributed by atoms with Gasteiger partial charge in [0.25, 0.3) is 0 Å². The van der Waals surface area contributed by atoms with E-state index in [1.54, 1.807) is 0 Å². The number of amides is 1. The van der Waals surface area contributed by atoms with Crippen LogP contribution in [0.25, 0.3) is 0 Å². The molecule has 1 saturated heterocycles. The van der Waals surface area contributed by atoms with Gasteiger partial charge in [0.1, 0.15) is 0 Å². The molecule has 1 heterocycles. The lowest BCUT2D eigenvalue weighted by molar-refractivity contribution is -0.125. The topological polar surface area (TPSA) is 41.1 Å². The van der Waals surface area contributed by atoms with Crippen molar-refractivity contribution in [1.29, 1.82) is 0 Å². The standard InChI is InChI=1S/C12H24N2O/c1-4-9(2)7-14-12(15)11-6-5-10(3)13-8-11/h9-11,13H,4-8H2,1-3H3,(H,14,15). The van der Waals surface area contributed by atoms with Crippen molar-refractivity contribution >= 4 is 5.91 Å². The number of carbonyl (C=O) groups excluding carboxylic acids is 1. The zero-order valence-electron chi connectivity index (χ0n) is 10.2. The highest BCUT2D eigenvalue weighted by Gasteiger charge is 2.23. The molecule has 88 valence electrons. The lowest BCUT2D eigenvalue weighted by Gasteiger charge is -2.27. The molecule has 1 fully saturated rings. The molecule has 0 aliphatic carbocycles. The maximum absolute atomic E-state index is 11.8. The Morgan fingerprint density at radius 1 is 1.53 bits per heavy atom. The molecule has 15 heavy (non-hydrogen) atoms. The highest BCUT2D eigenvalue weighted by molar-refractivity contribution is 5.78. The molecule has 1 amide bonds. The normalized spacial score (nSPS) is 28.5. The van der Waals surface area contributed by atoms with Crippen molar-refractivity contribution in [2.45, 2.75) is 46.1 Å². The molecule has 3 atom stereocenters. The Balaban J connectivity index is 2.22. The predicted octanol–water partition coefficient (Wildman–Crippen LogP) is 1.54. The third-order valence-electron chi connectivity index (χ3n) is 3.35. The SMILES string of the molecule is CCC(C)CNC(=O)C1CCC(C)NC1. The zero-order chi connectivity index (χ0) is 11.3. The molecule has 3 nitrogen and oxygen atoms in total. The van der Waals surface area contributed by atoms with E-state index in [0.29, 0.717) is 12.0 Å². The van der Waals surface area contributed by atoms with Crippen LogP contribution in [-0.4, -0.2) is 25.0 Å². The third kappa shape index (κ3) is 4.20. The summed E-state index contributed by atoms with van der Waals surface area (Å²) in [5, 5.41) is 6.39. The molecule has 1 aliphatic heterocycles. The second kappa shape index (κ2) is 6.11. The molecular formula is C12H24N2O. The lowest BCUT2D eigenvalue weighted by atomic mass is 9.94. The van der Waals surface area contributed by atoms with E-state index in [2.05, 4.69) is 31.4 Å². The number of nitrogens with one attached hydrogen (secondary N) is 2. The van der Waals surface area contributed by atoms with Crippen molar-refractivity contribution in [1.82, 2.24) is 10.6 Å². The van der Waals surface area contributed by atoms with E-state index in [-0.39, 0.29) is 11.8 Å². The highest BCUT2D eigenvalue weighted by atomic mass is 16.1. The minimum atomic E-state index is 0.185. The zero-order valence-corrected chi connectivity index (χ0v) is 10.2. The molecule has 0 spiro atoms. The summed E-state index contributed by atoms with van der Waals surface area (Å²) in [7, 11) is 0. The van der Waals surface area contributed by atoms with Crippen molar-refractivity contribution < 1.29 is 4.79 Å². The van der Waals surface area contributed by atoms with E-state index in [1.165, 1.54) is 0 Å². The van der Waals surface area contributed by atoms with Crippen LogP contribution in [0.3, 0.4) is 0 Å². The van der Waals surface area contributed by atoms with Crippen LogP contribution in [0.5, 0.6) is 0 Å². The monoisotopic (exact) mass is 212 g/mol. The summed E-state index contributed by atoms with van der Waals surface area (Å²) in [6.45, 7) is 8.16. The Morgan fingerprint density at radius 2 is 2.27 bits per heavy atom. The van der Waals surface area contributed by atoms with E-state index in [9.17, 15) is 4.79 Å². The number of hydrogen-bond acceptors (Lipinski definition) is 2. The number of carbonyl (C=O) groups is 1. The third-order valence-corrected chi connectivity index (χ3v) is 3.35. The Bertz CT molecular complexity index is 198. The maximum Gasteiger partial charge on any atom is 0.224 e. The van der Waals surface area contributed by atoms with Gasteiger partial charge in [0, 0.05) is 19.1 Å². The first kappa shape index (κ1) is 12.5. The molecule has 0 aromatic rings. The quantitative estimate of drug-likeness (QED) is 0.742. The fraction of sp³-hybridized carbons (Fsp3) is 0.917. The maximum atomic E-state index is 11.8. The molecule has 0 saturated carbocycles. The minimum absolute atomic E-state index is 0.185.